The summed E-state index contributed by atoms with van der Waals surface area (Å²) in [4.78, 5) is 12.0. The molecule has 0 atom stereocenters. The molecule has 134 valence electrons. The number of carbonyl (C=O) groups is 1. The lowest BCUT2D eigenvalue weighted by Crippen LogP contribution is -2.62. The van der Waals surface area contributed by atoms with Gasteiger partial charge < -0.3 is 20.7 Å². The summed E-state index contributed by atoms with van der Waals surface area (Å²) < 4.78 is 18.7. The fraction of sp³-hybridized carbons (Fsp3) is 0.611. The van der Waals surface area contributed by atoms with Gasteiger partial charge in [0.05, 0.1) is 6.54 Å². The van der Waals surface area contributed by atoms with Crippen LogP contribution in [0.1, 0.15) is 40.5 Å². The highest BCUT2D eigenvalue weighted by atomic mass is 19.1. The van der Waals surface area contributed by atoms with E-state index < -0.39 is 5.82 Å². The third-order valence-corrected chi connectivity index (χ3v) is 4.01. The normalized spacial score (nSPS) is 19.5. The summed E-state index contributed by atoms with van der Waals surface area (Å²) >= 11 is 0. The van der Waals surface area contributed by atoms with Crippen LogP contribution in [0.3, 0.4) is 0 Å². The average molecular weight is 337 g/mol. The SMILES string of the molecule is CC1(C)CC(NC(=O)NCCOc2ccccc2F)CC(C)(C)N1. The van der Waals surface area contributed by atoms with E-state index in [2.05, 4.69) is 43.6 Å². The van der Waals surface area contributed by atoms with Gasteiger partial charge in [0.15, 0.2) is 11.6 Å². The Morgan fingerprint density at radius 3 is 2.50 bits per heavy atom. The molecule has 0 unspecified atom stereocenters. The van der Waals surface area contributed by atoms with Crippen LogP contribution in [-0.4, -0.2) is 36.3 Å². The van der Waals surface area contributed by atoms with Crippen molar-refractivity contribution in [2.24, 2.45) is 0 Å². The average Bonchev–Trinajstić information content (AvgIpc) is 2.41. The Morgan fingerprint density at radius 2 is 1.88 bits per heavy atom. The van der Waals surface area contributed by atoms with E-state index in [0.29, 0.717) is 6.54 Å². The zero-order chi connectivity index (χ0) is 17.8. The molecule has 1 aliphatic rings. The first-order valence-corrected chi connectivity index (χ1v) is 8.38. The molecule has 1 aromatic rings. The Balaban J connectivity index is 1.72. The smallest absolute Gasteiger partial charge is 0.315 e. The van der Waals surface area contributed by atoms with Crippen LogP contribution in [0.25, 0.3) is 0 Å². The van der Waals surface area contributed by atoms with E-state index in [1.54, 1.807) is 18.2 Å². The Hall–Kier alpha value is -1.82. The molecular weight excluding hydrogens is 309 g/mol. The number of hydrogen-bond donors (Lipinski definition) is 3. The number of piperidine rings is 1. The summed E-state index contributed by atoms with van der Waals surface area (Å²) in [6, 6.07) is 6.12. The third kappa shape index (κ3) is 5.67. The number of benzene rings is 1. The van der Waals surface area contributed by atoms with E-state index in [9.17, 15) is 9.18 Å². The van der Waals surface area contributed by atoms with Crippen molar-refractivity contribution in [2.75, 3.05) is 13.2 Å². The summed E-state index contributed by atoms with van der Waals surface area (Å²) in [5, 5.41) is 9.36. The molecule has 5 nitrogen and oxygen atoms in total. The lowest BCUT2D eigenvalue weighted by molar-refractivity contribution is 0.147. The van der Waals surface area contributed by atoms with Crippen molar-refractivity contribution in [1.29, 1.82) is 0 Å². The van der Waals surface area contributed by atoms with Crippen LogP contribution in [0.15, 0.2) is 24.3 Å². The summed E-state index contributed by atoms with van der Waals surface area (Å²) in [7, 11) is 0. The van der Waals surface area contributed by atoms with Crippen molar-refractivity contribution in [3.63, 3.8) is 0 Å². The van der Waals surface area contributed by atoms with Gasteiger partial charge in [-0.1, -0.05) is 12.1 Å². The fourth-order valence-corrected chi connectivity index (χ4v) is 3.55. The molecule has 0 aliphatic carbocycles. The van der Waals surface area contributed by atoms with Crippen LogP contribution >= 0.6 is 0 Å². The van der Waals surface area contributed by atoms with Crippen LogP contribution in [0, 0.1) is 5.82 Å². The van der Waals surface area contributed by atoms with E-state index in [1.807, 2.05) is 0 Å². The van der Waals surface area contributed by atoms with Crippen molar-refractivity contribution in [2.45, 2.75) is 57.7 Å². The number of amides is 2. The molecule has 2 amide bonds. The Bertz CT molecular complexity index is 559. The molecule has 6 heteroatoms. The van der Waals surface area contributed by atoms with Gasteiger partial charge in [-0.25, -0.2) is 9.18 Å². The van der Waals surface area contributed by atoms with E-state index >= 15 is 0 Å². The first-order chi connectivity index (χ1) is 11.2. The monoisotopic (exact) mass is 337 g/mol. The number of nitrogens with one attached hydrogen (secondary N) is 3. The molecule has 0 spiro atoms. The Morgan fingerprint density at radius 1 is 1.25 bits per heavy atom. The van der Waals surface area contributed by atoms with Gasteiger partial charge in [-0.3, -0.25) is 0 Å². The minimum absolute atomic E-state index is 0.0202. The molecule has 2 rings (SSSR count). The van der Waals surface area contributed by atoms with Crippen molar-refractivity contribution in [1.82, 2.24) is 16.0 Å². The standard InChI is InChI=1S/C18H28FN3O2/c1-17(2)11-13(12-18(3,4)22-17)21-16(23)20-9-10-24-15-8-6-5-7-14(15)19/h5-8,13,22H,9-12H2,1-4H3,(H2,20,21,23). The molecule has 1 aromatic carbocycles. The van der Waals surface area contributed by atoms with Gasteiger partial charge >= 0.3 is 6.03 Å². The minimum Gasteiger partial charge on any atom is -0.489 e. The lowest BCUT2D eigenvalue weighted by atomic mass is 9.80. The molecule has 0 radical (unpaired) electrons. The van der Waals surface area contributed by atoms with Gasteiger partial charge in [0.25, 0.3) is 0 Å². The molecule has 3 N–H and O–H groups in total. The number of carbonyl (C=O) groups excluding carboxylic acids is 1. The van der Waals surface area contributed by atoms with Crippen molar-refractivity contribution in [3.8, 4) is 5.75 Å². The van der Waals surface area contributed by atoms with E-state index in [1.165, 1.54) is 6.07 Å². The van der Waals surface area contributed by atoms with Gasteiger partial charge in [0, 0.05) is 17.1 Å². The maximum absolute atomic E-state index is 13.4. The van der Waals surface area contributed by atoms with Crippen molar-refractivity contribution < 1.29 is 13.9 Å². The summed E-state index contributed by atoms with van der Waals surface area (Å²) in [5.41, 5.74) is -0.0404. The van der Waals surface area contributed by atoms with Gasteiger partial charge in [-0.2, -0.15) is 0 Å². The largest absolute Gasteiger partial charge is 0.489 e. The number of hydrogen-bond acceptors (Lipinski definition) is 3. The van der Waals surface area contributed by atoms with Crippen molar-refractivity contribution >= 4 is 6.03 Å². The van der Waals surface area contributed by atoms with Gasteiger partial charge in [0.1, 0.15) is 6.61 Å². The first-order valence-electron chi connectivity index (χ1n) is 8.38. The summed E-state index contributed by atoms with van der Waals surface area (Å²) in [6.07, 6.45) is 1.74. The second-order valence-corrected chi connectivity index (χ2v) is 7.68. The van der Waals surface area contributed by atoms with Crippen LogP contribution < -0.4 is 20.7 Å². The van der Waals surface area contributed by atoms with E-state index in [4.69, 9.17) is 4.74 Å². The molecule has 1 saturated heterocycles. The number of rotatable bonds is 5. The maximum Gasteiger partial charge on any atom is 0.315 e. The fourth-order valence-electron chi connectivity index (χ4n) is 3.55. The summed E-state index contributed by atoms with van der Waals surface area (Å²) in [6.45, 7) is 9.10. The molecular formula is C18H28FN3O2. The Labute approximate surface area is 143 Å². The van der Waals surface area contributed by atoms with Gasteiger partial charge in [0.2, 0.25) is 0 Å². The van der Waals surface area contributed by atoms with Crippen LogP contribution in [0.2, 0.25) is 0 Å². The zero-order valence-corrected chi connectivity index (χ0v) is 14.9. The predicted octanol–water partition coefficient (Wildman–Crippen LogP) is 2.81. The van der Waals surface area contributed by atoms with E-state index in [0.717, 1.165) is 12.8 Å². The molecule has 24 heavy (non-hydrogen) atoms. The number of para-hydroxylation sites is 1. The maximum atomic E-state index is 13.4. The molecule has 0 saturated carbocycles. The number of ether oxygens (including phenoxy) is 1. The Kier molecular flexibility index (Phi) is 5.70. The zero-order valence-electron chi connectivity index (χ0n) is 14.9. The van der Waals surface area contributed by atoms with Gasteiger partial charge in [-0.15, -0.1) is 0 Å². The minimum atomic E-state index is -0.402. The second-order valence-electron chi connectivity index (χ2n) is 7.68. The van der Waals surface area contributed by atoms with Crippen LogP contribution in [0.4, 0.5) is 9.18 Å². The molecule has 1 aliphatic heterocycles. The van der Waals surface area contributed by atoms with Crippen LogP contribution in [-0.2, 0) is 0 Å². The highest BCUT2D eigenvalue weighted by molar-refractivity contribution is 5.74. The molecule has 0 bridgehead atoms. The van der Waals surface area contributed by atoms with Gasteiger partial charge in [-0.05, 0) is 52.7 Å². The second kappa shape index (κ2) is 7.38. The number of urea groups is 1. The topological polar surface area (TPSA) is 62.4 Å². The van der Waals surface area contributed by atoms with E-state index in [-0.39, 0.29) is 35.5 Å². The highest BCUT2D eigenvalue weighted by Crippen LogP contribution is 2.28. The lowest BCUT2D eigenvalue weighted by Gasteiger charge is -2.46. The van der Waals surface area contributed by atoms with Crippen LogP contribution in [0.5, 0.6) is 5.75 Å². The predicted molar refractivity (Wildman–Crippen MR) is 92.7 cm³/mol. The number of halogens is 1. The van der Waals surface area contributed by atoms with Crippen molar-refractivity contribution in [3.05, 3.63) is 30.1 Å². The molecule has 1 heterocycles. The first kappa shape index (κ1) is 18.5. The third-order valence-electron chi connectivity index (χ3n) is 4.01. The quantitative estimate of drug-likeness (QED) is 0.724. The molecule has 0 aromatic heterocycles. The summed E-state index contributed by atoms with van der Waals surface area (Å²) in [5.74, 6) is -0.206. The highest BCUT2D eigenvalue weighted by Gasteiger charge is 2.38. The molecule has 1 fully saturated rings.